The van der Waals surface area contributed by atoms with Crippen LogP contribution >= 0.6 is 11.8 Å². The third kappa shape index (κ3) is 6.72. The first-order valence-electron chi connectivity index (χ1n) is 11.3. The number of thioether (sulfide) groups is 1. The van der Waals surface area contributed by atoms with Gasteiger partial charge in [0.15, 0.2) is 11.0 Å². The molecule has 8 nitrogen and oxygen atoms in total. The van der Waals surface area contributed by atoms with E-state index in [9.17, 15) is 9.59 Å². The van der Waals surface area contributed by atoms with E-state index in [2.05, 4.69) is 20.8 Å². The van der Waals surface area contributed by atoms with Crippen LogP contribution in [0, 0.1) is 0 Å². The molecular formula is C23H33N5O3S. The van der Waals surface area contributed by atoms with Crippen molar-refractivity contribution >= 4 is 23.6 Å². The van der Waals surface area contributed by atoms with Gasteiger partial charge in [-0.25, -0.2) is 0 Å². The maximum absolute atomic E-state index is 12.5. The minimum Gasteiger partial charge on any atom is -0.497 e. The molecule has 3 rings (SSSR count). The Kier molecular flexibility index (Phi) is 8.96. The van der Waals surface area contributed by atoms with Crippen LogP contribution < -0.4 is 15.4 Å². The molecule has 0 saturated heterocycles. The number of carbonyl (C=O) groups is 2. The molecule has 1 aliphatic rings. The van der Waals surface area contributed by atoms with Gasteiger partial charge in [-0.1, -0.05) is 43.2 Å². The predicted molar refractivity (Wildman–Crippen MR) is 125 cm³/mol. The highest BCUT2D eigenvalue weighted by molar-refractivity contribution is 7.99. The second-order valence-corrected chi connectivity index (χ2v) is 9.03. The van der Waals surface area contributed by atoms with Crippen LogP contribution in [0.3, 0.4) is 0 Å². The van der Waals surface area contributed by atoms with Gasteiger partial charge in [0.1, 0.15) is 5.75 Å². The summed E-state index contributed by atoms with van der Waals surface area (Å²) in [4.78, 5) is 24.8. The molecule has 1 atom stereocenters. The standard InChI is InChI=1S/C23H33N5O3S/c1-4-28-22(16(2)24-20(29)14-17-10-12-19(31-3)13-11-17)26-27-23(28)32-15-21(30)25-18-8-6-5-7-9-18/h10-13,16,18H,4-9,14-15H2,1-3H3,(H,24,29)(H,25,30). The van der Waals surface area contributed by atoms with Gasteiger partial charge in [0, 0.05) is 12.6 Å². The molecule has 0 radical (unpaired) electrons. The summed E-state index contributed by atoms with van der Waals surface area (Å²) in [7, 11) is 1.61. The highest BCUT2D eigenvalue weighted by Gasteiger charge is 2.21. The molecule has 2 N–H and O–H groups in total. The van der Waals surface area contributed by atoms with Crippen molar-refractivity contribution in [3.8, 4) is 5.75 Å². The molecule has 9 heteroatoms. The van der Waals surface area contributed by atoms with Crippen molar-refractivity contribution in [3.05, 3.63) is 35.7 Å². The fraction of sp³-hybridized carbons (Fsp3) is 0.565. The zero-order valence-corrected chi connectivity index (χ0v) is 19.9. The zero-order chi connectivity index (χ0) is 22.9. The minimum atomic E-state index is -0.293. The number of rotatable bonds is 10. The van der Waals surface area contributed by atoms with Crippen molar-refractivity contribution in [1.82, 2.24) is 25.4 Å². The molecule has 1 unspecified atom stereocenters. The summed E-state index contributed by atoms with van der Waals surface area (Å²) in [6.07, 6.45) is 6.05. The maximum Gasteiger partial charge on any atom is 0.230 e. The fourth-order valence-electron chi connectivity index (χ4n) is 3.96. The third-order valence-electron chi connectivity index (χ3n) is 5.65. The van der Waals surface area contributed by atoms with Crippen LogP contribution in [0.2, 0.25) is 0 Å². The van der Waals surface area contributed by atoms with E-state index in [4.69, 9.17) is 4.74 Å². The normalized spacial score (nSPS) is 15.2. The molecule has 1 saturated carbocycles. The van der Waals surface area contributed by atoms with Gasteiger partial charge in [0.2, 0.25) is 11.8 Å². The molecule has 1 aromatic heterocycles. The predicted octanol–water partition coefficient (Wildman–Crippen LogP) is 3.27. The second-order valence-electron chi connectivity index (χ2n) is 8.09. The summed E-state index contributed by atoms with van der Waals surface area (Å²) in [5.74, 6) is 1.71. The molecule has 32 heavy (non-hydrogen) atoms. The zero-order valence-electron chi connectivity index (χ0n) is 19.1. The summed E-state index contributed by atoms with van der Waals surface area (Å²) in [6, 6.07) is 7.45. The van der Waals surface area contributed by atoms with Crippen LogP contribution in [0.5, 0.6) is 5.75 Å². The Balaban J connectivity index is 1.53. The van der Waals surface area contributed by atoms with Crippen LogP contribution in [-0.2, 0) is 22.6 Å². The first kappa shape index (κ1) is 24.1. The van der Waals surface area contributed by atoms with Gasteiger partial charge in [-0.15, -0.1) is 10.2 Å². The quantitative estimate of drug-likeness (QED) is 0.529. The number of benzene rings is 1. The molecular weight excluding hydrogens is 426 g/mol. The van der Waals surface area contributed by atoms with E-state index < -0.39 is 0 Å². The van der Waals surface area contributed by atoms with Crippen LogP contribution in [-0.4, -0.2) is 45.5 Å². The van der Waals surface area contributed by atoms with Crippen LogP contribution in [0.1, 0.15) is 63.4 Å². The highest BCUT2D eigenvalue weighted by Crippen LogP contribution is 2.22. The van der Waals surface area contributed by atoms with Gasteiger partial charge in [0.25, 0.3) is 0 Å². The topological polar surface area (TPSA) is 98.1 Å². The van der Waals surface area contributed by atoms with E-state index >= 15 is 0 Å². The number of hydrogen-bond acceptors (Lipinski definition) is 6. The number of hydrogen-bond donors (Lipinski definition) is 2. The highest BCUT2D eigenvalue weighted by atomic mass is 32.2. The van der Waals surface area contributed by atoms with E-state index in [0.29, 0.717) is 29.3 Å². The van der Waals surface area contributed by atoms with Crippen molar-refractivity contribution in [3.63, 3.8) is 0 Å². The Morgan fingerprint density at radius 3 is 2.53 bits per heavy atom. The molecule has 1 aliphatic carbocycles. The Morgan fingerprint density at radius 1 is 1.16 bits per heavy atom. The van der Waals surface area contributed by atoms with Gasteiger partial charge in [-0.2, -0.15) is 0 Å². The number of aromatic nitrogens is 3. The molecule has 0 aliphatic heterocycles. The first-order chi connectivity index (χ1) is 15.5. The van der Waals surface area contributed by atoms with Crippen molar-refractivity contribution < 1.29 is 14.3 Å². The van der Waals surface area contributed by atoms with Crippen molar-refractivity contribution in [2.45, 2.75) is 76.2 Å². The Labute approximate surface area is 193 Å². The monoisotopic (exact) mass is 459 g/mol. The van der Waals surface area contributed by atoms with Crippen molar-refractivity contribution in [2.24, 2.45) is 0 Å². The minimum absolute atomic E-state index is 0.0370. The first-order valence-corrected chi connectivity index (χ1v) is 12.3. The number of methoxy groups -OCH3 is 1. The van der Waals surface area contributed by atoms with Crippen LogP contribution in [0.15, 0.2) is 29.4 Å². The lowest BCUT2D eigenvalue weighted by molar-refractivity contribution is -0.121. The summed E-state index contributed by atoms with van der Waals surface area (Å²) in [5, 5.41) is 15.4. The van der Waals surface area contributed by atoms with Gasteiger partial charge in [-0.3, -0.25) is 9.59 Å². The fourth-order valence-corrected chi connectivity index (χ4v) is 4.78. The van der Waals surface area contributed by atoms with Crippen LogP contribution in [0.25, 0.3) is 0 Å². The van der Waals surface area contributed by atoms with E-state index in [0.717, 1.165) is 24.2 Å². The molecule has 1 heterocycles. The SMILES string of the molecule is CCn1c(SCC(=O)NC2CCCCC2)nnc1C(C)NC(=O)Cc1ccc(OC)cc1. The van der Waals surface area contributed by atoms with Gasteiger partial charge < -0.3 is 19.9 Å². The van der Waals surface area contributed by atoms with E-state index in [1.54, 1.807) is 7.11 Å². The largest absolute Gasteiger partial charge is 0.497 e. The number of carbonyl (C=O) groups excluding carboxylic acids is 2. The van der Waals surface area contributed by atoms with Crippen molar-refractivity contribution in [1.29, 1.82) is 0 Å². The molecule has 2 aromatic rings. The lowest BCUT2D eigenvalue weighted by Crippen LogP contribution is -2.37. The average Bonchev–Trinajstić information content (AvgIpc) is 3.22. The smallest absolute Gasteiger partial charge is 0.230 e. The van der Waals surface area contributed by atoms with E-state index in [-0.39, 0.29) is 24.3 Å². The molecule has 2 amide bonds. The Hall–Kier alpha value is -2.55. The summed E-state index contributed by atoms with van der Waals surface area (Å²) >= 11 is 1.38. The average molecular weight is 460 g/mol. The third-order valence-corrected chi connectivity index (χ3v) is 6.62. The lowest BCUT2D eigenvalue weighted by Gasteiger charge is -2.22. The maximum atomic E-state index is 12.5. The summed E-state index contributed by atoms with van der Waals surface area (Å²) in [5.41, 5.74) is 0.910. The number of nitrogens with one attached hydrogen (secondary N) is 2. The lowest BCUT2D eigenvalue weighted by atomic mass is 9.95. The number of amides is 2. The van der Waals surface area contributed by atoms with Crippen LogP contribution in [0.4, 0.5) is 0 Å². The molecule has 0 bridgehead atoms. The second kappa shape index (κ2) is 11.9. The summed E-state index contributed by atoms with van der Waals surface area (Å²) in [6.45, 7) is 4.56. The van der Waals surface area contributed by atoms with Gasteiger partial charge >= 0.3 is 0 Å². The van der Waals surface area contributed by atoms with Gasteiger partial charge in [0.05, 0.1) is 25.3 Å². The Morgan fingerprint density at radius 2 is 1.88 bits per heavy atom. The number of ether oxygens (including phenoxy) is 1. The molecule has 0 spiro atoms. The molecule has 1 fully saturated rings. The molecule has 174 valence electrons. The van der Waals surface area contributed by atoms with E-state index in [1.165, 1.54) is 31.0 Å². The van der Waals surface area contributed by atoms with E-state index in [1.807, 2.05) is 42.7 Å². The van der Waals surface area contributed by atoms with Gasteiger partial charge in [-0.05, 0) is 44.4 Å². The summed E-state index contributed by atoms with van der Waals surface area (Å²) < 4.78 is 7.11. The van der Waals surface area contributed by atoms with Crippen molar-refractivity contribution in [2.75, 3.05) is 12.9 Å². The Bertz CT molecular complexity index is 894. The number of nitrogens with zero attached hydrogens (tertiary/aromatic N) is 3. The molecule has 1 aromatic carbocycles.